The van der Waals surface area contributed by atoms with E-state index in [0.29, 0.717) is 25.6 Å². The summed E-state index contributed by atoms with van der Waals surface area (Å²) in [6.07, 6.45) is 4.77. The van der Waals surface area contributed by atoms with Crippen LogP contribution in [0.3, 0.4) is 0 Å². The molecule has 1 atom stereocenters. The monoisotopic (exact) mass is 400 g/mol. The molecule has 2 aromatic rings. The van der Waals surface area contributed by atoms with Gasteiger partial charge in [0.15, 0.2) is 6.20 Å². The average Bonchev–Trinajstić information content (AvgIpc) is 2.86. The zero-order valence-electron chi connectivity index (χ0n) is 16.1. The summed E-state index contributed by atoms with van der Waals surface area (Å²) in [7, 11) is 0. The normalized spacial score (nSPS) is 19.5. The summed E-state index contributed by atoms with van der Waals surface area (Å²) >= 11 is 6.26. The van der Waals surface area contributed by atoms with E-state index in [1.54, 1.807) is 11.1 Å². The zero-order chi connectivity index (χ0) is 19.7. The van der Waals surface area contributed by atoms with E-state index >= 15 is 0 Å². The Balaban J connectivity index is 1.69. The molecule has 0 bridgehead atoms. The molecule has 1 aromatic carbocycles. The van der Waals surface area contributed by atoms with E-state index in [1.807, 2.05) is 25.1 Å². The van der Waals surface area contributed by atoms with Crippen molar-refractivity contribution in [2.45, 2.75) is 38.5 Å². The molecule has 6 heteroatoms. The summed E-state index contributed by atoms with van der Waals surface area (Å²) in [5.41, 5.74) is 4.40. The van der Waals surface area contributed by atoms with Gasteiger partial charge in [0.1, 0.15) is 0 Å². The van der Waals surface area contributed by atoms with Crippen molar-refractivity contribution in [2.75, 3.05) is 19.7 Å². The first kappa shape index (κ1) is 19.1. The Labute approximate surface area is 170 Å². The topological polar surface area (TPSA) is 56.5 Å². The van der Waals surface area contributed by atoms with Crippen molar-refractivity contribution < 1.29 is 14.3 Å². The number of amides is 1. The maximum absolute atomic E-state index is 12.8. The molecule has 1 unspecified atom stereocenters. The van der Waals surface area contributed by atoms with Crippen molar-refractivity contribution in [2.24, 2.45) is 5.92 Å². The van der Waals surface area contributed by atoms with E-state index in [2.05, 4.69) is 12.1 Å². The van der Waals surface area contributed by atoms with E-state index in [0.717, 1.165) is 46.7 Å². The van der Waals surface area contributed by atoms with Gasteiger partial charge in [-0.3, -0.25) is 0 Å². The second-order valence-corrected chi connectivity index (χ2v) is 8.03. The number of benzene rings is 1. The van der Waals surface area contributed by atoms with Crippen molar-refractivity contribution in [1.82, 2.24) is 4.90 Å². The molecule has 28 heavy (non-hydrogen) atoms. The molecule has 0 saturated carbocycles. The van der Waals surface area contributed by atoms with Crippen LogP contribution in [0.15, 0.2) is 36.5 Å². The highest BCUT2D eigenvalue weighted by molar-refractivity contribution is 6.30. The van der Waals surface area contributed by atoms with Crippen LogP contribution in [0.25, 0.3) is 0 Å². The van der Waals surface area contributed by atoms with Gasteiger partial charge in [-0.05, 0) is 67.9 Å². The van der Waals surface area contributed by atoms with Gasteiger partial charge >= 0.3 is 6.09 Å². The molecule has 1 aromatic heterocycles. The van der Waals surface area contributed by atoms with E-state index < -0.39 is 0 Å². The number of carbonyl (C=O) groups is 1. The number of rotatable bonds is 2. The number of aromatic nitrogens is 1. The highest BCUT2D eigenvalue weighted by atomic mass is 35.5. The van der Waals surface area contributed by atoms with Crippen molar-refractivity contribution in [3.8, 4) is 0 Å². The lowest BCUT2D eigenvalue weighted by Crippen LogP contribution is -2.42. The molecule has 0 radical (unpaired) electrons. The summed E-state index contributed by atoms with van der Waals surface area (Å²) in [5.74, 6) is 0.317. The summed E-state index contributed by atoms with van der Waals surface area (Å²) in [6, 6.07) is 9.94. The third-order valence-electron chi connectivity index (χ3n) is 6.02. The lowest BCUT2D eigenvalue weighted by Gasteiger charge is -2.35. The number of hydrogen-bond donors (Lipinski definition) is 0. The van der Waals surface area contributed by atoms with E-state index in [-0.39, 0.29) is 12.0 Å². The molecule has 1 saturated heterocycles. The molecular weight excluding hydrogens is 376 g/mol. The molecule has 2 aliphatic rings. The number of nitrogens with zero attached hydrogens (tertiary/aromatic N) is 2. The standard InChI is InChI=1S/C22H25ClN2O3/c1-2-28-22(26)24-12-9-15(10-13-24)20-19-8-7-18(23)14-17(19)6-5-16-4-3-11-25(27)21(16)20/h3-4,7-8,11,14-15,20H,2,5-6,9-10,12-13H2,1H3. The second kappa shape index (κ2) is 8.00. The SMILES string of the molecule is CCOC(=O)N1CCC(C2c3ccc(Cl)cc3CCc3ccc[n+]([O-])c32)CC1. The Morgan fingerprint density at radius 1 is 1.25 bits per heavy atom. The Morgan fingerprint density at radius 2 is 2.00 bits per heavy atom. The number of piperidine rings is 1. The smallest absolute Gasteiger partial charge is 0.409 e. The van der Waals surface area contributed by atoms with Gasteiger partial charge in [0, 0.05) is 29.7 Å². The number of fused-ring (bicyclic) bond motifs is 2. The van der Waals surface area contributed by atoms with Crippen molar-refractivity contribution in [3.05, 3.63) is 69.1 Å². The molecule has 1 aliphatic carbocycles. The minimum atomic E-state index is -0.242. The third kappa shape index (κ3) is 3.55. The number of aryl methyl sites for hydroxylation is 2. The van der Waals surface area contributed by atoms with Gasteiger partial charge in [-0.1, -0.05) is 17.7 Å². The minimum absolute atomic E-state index is 0.0211. The first-order valence-electron chi connectivity index (χ1n) is 9.99. The summed E-state index contributed by atoms with van der Waals surface area (Å²) in [5, 5.41) is 13.5. The average molecular weight is 401 g/mol. The minimum Gasteiger partial charge on any atom is -0.618 e. The number of pyridine rings is 1. The molecule has 0 N–H and O–H groups in total. The van der Waals surface area contributed by atoms with Gasteiger partial charge < -0.3 is 14.8 Å². The fourth-order valence-electron chi connectivity index (χ4n) is 4.71. The third-order valence-corrected chi connectivity index (χ3v) is 6.26. The molecule has 5 nitrogen and oxygen atoms in total. The van der Waals surface area contributed by atoms with Crippen molar-refractivity contribution >= 4 is 17.7 Å². The van der Waals surface area contributed by atoms with Crippen LogP contribution in [0.4, 0.5) is 4.79 Å². The lowest BCUT2D eigenvalue weighted by atomic mass is 9.76. The summed E-state index contributed by atoms with van der Waals surface area (Å²) in [4.78, 5) is 13.8. The quantitative estimate of drug-likeness (QED) is 0.564. The Morgan fingerprint density at radius 3 is 2.75 bits per heavy atom. The van der Waals surface area contributed by atoms with Crippen LogP contribution in [-0.4, -0.2) is 30.7 Å². The zero-order valence-corrected chi connectivity index (χ0v) is 16.8. The van der Waals surface area contributed by atoms with Gasteiger partial charge in [-0.2, -0.15) is 4.73 Å². The van der Waals surface area contributed by atoms with Crippen molar-refractivity contribution in [3.63, 3.8) is 0 Å². The molecule has 1 amide bonds. The van der Waals surface area contributed by atoms with Crippen LogP contribution < -0.4 is 4.73 Å². The summed E-state index contributed by atoms with van der Waals surface area (Å²) < 4.78 is 6.19. The number of hydrogen-bond acceptors (Lipinski definition) is 3. The Kier molecular flexibility index (Phi) is 5.44. The number of halogens is 1. The number of ether oxygens (including phenoxy) is 1. The predicted molar refractivity (Wildman–Crippen MR) is 107 cm³/mol. The highest BCUT2D eigenvalue weighted by Gasteiger charge is 2.38. The van der Waals surface area contributed by atoms with Crippen LogP contribution in [0.5, 0.6) is 0 Å². The van der Waals surface area contributed by atoms with E-state index in [1.165, 1.54) is 11.1 Å². The largest absolute Gasteiger partial charge is 0.618 e. The van der Waals surface area contributed by atoms with Gasteiger partial charge in [0.25, 0.3) is 0 Å². The Bertz CT molecular complexity index is 878. The van der Waals surface area contributed by atoms with Crippen LogP contribution in [0.2, 0.25) is 5.02 Å². The predicted octanol–water partition coefficient (Wildman–Crippen LogP) is 4.07. The second-order valence-electron chi connectivity index (χ2n) is 7.59. The summed E-state index contributed by atoms with van der Waals surface area (Å²) in [6.45, 7) is 3.52. The van der Waals surface area contributed by atoms with Gasteiger partial charge in [-0.15, -0.1) is 0 Å². The van der Waals surface area contributed by atoms with E-state index in [9.17, 15) is 10.0 Å². The van der Waals surface area contributed by atoms with Gasteiger partial charge in [-0.25, -0.2) is 4.79 Å². The van der Waals surface area contributed by atoms with Crippen LogP contribution in [-0.2, 0) is 17.6 Å². The van der Waals surface area contributed by atoms with Crippen molar-refractivity contribution in [1.29, 1.82) is 0 Å². The molecule has 1 fully saturated rings. The van der Waals surface area contributed by atoms with E-state index in [4.69, 9.17) is 16.3 Å². The number of likely N-dealkylation sites (tertiary alicyclic amines) is 1. The molecule has 1 aliphatic heterocycles. The highest BCUT2D eigenvalue weighted by Crippen LogP contribution is 2.42. The molecule has 148 valence electrons. The molecule has 2 heterocycles. The van der Waals surface area contributed by atoms with Crippen LogP contribution in [0.1, 0.15) is 48.1 Å². The number of carbonyl (C=O) groups excluding carboxylic acids is 1. The molecular formula is C22H25ClN2O3. The Hall–Kier alpha value is -2.27. The maximum Gasteiger partial charge on any atom is 0.409 e. The first-order valence-corrected chi connectivity index (χ1v) is 10.4. The first-order chi connectivity index (χ1) is 13.6. The van der Waals surface area contributed by atoms with Gasteiger partial charge in [0.2, 0.25) is 5.69 Å². The fourth-order valence-corrected chi connectivity index (χ4v) is 4.91. The molecule has 0 spiro atoms. The van der Waals surface area contributed by atoms with Crippen LogP contribution in [0, 0.1) is 11.1 Å². The molecule has 4 rings (SSSR count). The lowest BCUT2D eigenvalue weighted by molar-refractivity contribution is -0.616. The van der Waals surface area contributed by atoms with Crippen LogP contribution >= 0.6 is 11.6 Å². The van der Waals surface area contributed by atoms with Gasteiger partial charge in [0.05, 0.1) is 12.5 Å². The fraction of sp³-hybridized carbons (Fsp3) is 0.455. The maximum atomic E-state index is 12.8.